The summed E-state index contributed by atoms with van der Waals surface area (Å²) in [4.78, 5) is 0. The summed E-state index contributed by atoms with van der Waals surface area (Å²) in [6.07, 6.45) is 0.119. The van der Waals surface area contributed by atoms with Gasteiger partial charge in [-0.15, -0.1) is 0 Å². The van der Waals surface area contributed by atoms with Crippen molar-refractivity contribution >= 4 is 21.6 Å². The van der Waals surface area contributed by atoms with Crippen LogP contribution in [0.3, 0.4) is 0 Å². The van der Waals surface area contributed by atoms with Gasteiger partial charge in [-0.05, 0) is 53.5 Å². The van der Waals surface area contributed by atoms with Gasteiger partial charge in [-0.3, -0.25) is 0 Å². The van der Waals surface area contributed by atoms with E-state index >= 15 is 0 Å². The maximum absolute atomic E-state index is 13.7. The van der Waals surface area contributed by atoms with Gasteiger partial charge in [-0.2, -0.15) is 0 Å². The van der Waals surface area contributed by atoms with Crippen LogP contribution >= 0.6 is 15.9 Å². The van der Waals surface area contributed by atoms with Crippen molar-refractivity contribution in [2.45, 2.75) is 26.5 Å². The highest BCUT2D eigenvalue weighted by molar-refractivity contribution is 9.10. The molecule has 0 heterocycles. The van der Waals surface area contributed by atoms with Gasteiger partial charge in [0.05, 0.1) is 16.3 Å². The van der Waals surface area contributed by atoms with Gasteiger partial charge in [0.25, 0.3) is 0 Å². The second-order valence-electron chi connectivity index (χ2n) is 4.91. The molecule has 0 aliphatic carbocycles. The number of benzene rings is 2. The smallest absolute Gasteiger partial charge is 0.147 e. The highest BCUT2D eigenvalue weighted by Gasteiger charge is 2.08. The lowest BCUT2D eigenvalue weighted by Gasteiger charge is -2.11. The largest absolute Gasteiger partial charge is 0.491 e. The summed E-state index contributed by atoms with van der Waals surface area (Å²) in [6.45, 7) is 4.32. The van der Waals surface area contributed by atoms with Crippen molar-refractivity contribution in [2.75, 3.05) is 5.32 Å². The molecule has 0 amide bonds. The average molecular weight is 356 g/mol. The highest BCUT2D eigenvalue weighted by Crippen LogP contribution is 2.24. The number of ether oxygens (including phenoxy) is 1. The van der Waals surface area contributed by atoms with E-state index in [4.69, 9.17) is 4.74 Å². The molecule has 2 aromatic rings. The van der Waals surface area contributed by atoms with Crippen LogP contribution in [-0.4, -0.2) is 6.10 Å². The molecule has 0 aliphatic heterocycles. The van der Waals surface area contributed by atoms with E-state index in [0.717, 1.165) is 23.4 Å². The Hall–Kier alpha value is -1.62. The number of halogens is 3. The van der Waals surface area contributed by atoms with Crippen molar-refractivity contribution in [2.24, 2.45) is 0 Å². The van der Waals surface area contributed by atoms with Gasteiger partial charge >= 0.3 is 0 Å². The Morgan fingerprint density at radius 1 is 1.10 bits per heavy atom. The zero-order valence-corrected chi connectivity index (χ0v) is 13.4. The standard InChI is InChI=1S/C16H16BrF2NO/c1-10(2)21-12-5-3-11(4-6-12)9-20-16-8-14(18)13(17)7-15(16)19/h3-8,10,20H,9H2,1-2H3. The predicted molar refractivity (Wildman–Crippen MR) is 83.6 cm³/mol. The molecule has 5 heteroatoms. The number of anilines is 1. The summed E-state index contributed by atoms with van der Waals surface area (Å²) in [5, 5.41) is 2.88. The van der Waals surface area contributed by atoms with Crippen LogP contribution in [0, 0.1) is 11.6 Å². The molecule has 0 fully saturated rings. The Morgan fingerprint density at radius 2 is 1.76 bits per heavy atom. The third-order valence-electron chi connectivity index (χ3n) is 2.79. The SMILES string of the molecule is CC(C)Oc1ccc(CNc2cc(F)c(Br)cc2F)cc1. The fourth-order valence-corrected chi connectivity index (χ4v) is 2.13. The Morgan fingerprint density at radius 3 is 2.38 bits per heavy atom. The van der Waals surface area contributed by atoms with Crippen molar-refractivity contribution in [1.29, 1.82) is 0 Å². The van der Waals surface area contributed by atoms with E-state index in [1.165, 1.54) is 0 Å². The molecule has 0 radical (unpaired) electrons. The maximum atomic E-state index is 13.7. The van der Waals surface area contributed by atoms with Gasteiger partial charge in [0.15, 0.2) is 0 Å². The van der Waals surface area contributed by atoms with E-state index in [9.17, 15) is 8.78 Å². The molecule has 0 aromatic heterocycles. The van der Waals surface area contributed by atoms with Gasteiger partial charge in [0, 0.05) is 12.6 Å². The minimum Gasteiger partial charge on any atom is -0.491 e. The number of hydrogen-bond donors (Lipinski definition) is 1. The van der Waals surface area contributed by atoms with E-state index in [1.807, 2.05) is 38.1 Å². The Bertz CT molecular complexity index is 614. The molecule has 2 aromatic carbocycles. The molecule has 112 valence electrons. The molecule has 2 rings (SSSR count). The molecule has 1 N–H and O–H groups in total. The lowest BCUT2D eigenvalue weighted by molar-refractivity contribution is 0.242. The van der Waals surface area contributed by atoms with Gasteiger partial charge in [0.2, 0.25) is 0 Å². The molecular weight excluding hydrogens is 340 g/mol. The first-order chi connectivity index (χ1) is 9.95. The first-order valence-corrected chi connectivity index (χ1v) is 7.39. The summed E-state index contributed by atoms with van der Waals surface area (Å²) in [7, 11) is 0. The molecule has 0 bridgehead atoms. The molecule has 0 atom stereocenters. The first-order valence-electron chi connectivity index (χ1n) is 6.59. The van der Waals surface area contributed by atoms with Crippen LogP contribution in [0.5, 0.6) is 5.75 Å². The van der Waals surface area contributed by atoms with E-state index in [1.54, 1.807) is 0 Å². The zero-order valence-electron chi connectivity index (χ0n) is 11.8. The molecule has 0 saturated carbocycles. The summed E-state index contributed by atoms with van der Waals surface area (Å²) >= 11 is 2.95. The Kier molecular flexibility index (Phi) is 5.17. The van der Waals surface area contributed by atoms with Crippen molar-refractivity contribution in [1.82, 2.24) is 0 Å². The van der Waals surface area contributed by atoms with E-state index in [-0.39, 0.29) is 16.3 Å². The van der Waals surface area contributed by atoms with Gasteiger partial charge in [-0.1, -0.05) is 12.1 Å². The van der Waals surface area contributed by atoms with Crippen LogP contribution in [0.2, 0.25) is 0 Å². The third-order valence-corrected chi connectivity index (χ3v) is 3.40. The summed E-state index contributed by atoms with van der Waals surface area (Å²) in [5.74, 6) is -0.211. The van der Waals surface area contributed by atoms with Gasteiger partial charge < -0.3 is 10.1 Å². The maximum Gasteiger partial charge on any atom is 0.147 e. The molecule has 21 heavy (non-hydrogen) atoms. The lowest BCUT2D eigenvalue weighted by atomic mass is 10.2. The normalized spacial score (nSPS) is 10.8. The van der Waals surface area contributed by atoms with Crippen molar-refractivity contribution in [3.63, 3.8) is 0 Å². The predicted octanol–water partition coefficient (Wildman–Crippen LogP) is 5.13. The molecule has 0 unspecified atom stereocenters. The van der Waals surface area contributed by atoms with Crippen LogP contribution in [0.25, 0.3) is 0 Å². The molecule has 0 aliphatic rings. The van der Waals surface area contributed by atoms with Gasteiger partial charge in [-0.25, -0.2) is 8.78 Å². The molecular formula is C16H16BrF2NO. The van der Waals surface area contributed by atoms with Crippen molar-refractivity contribution in [3.8, 4) is 5.75 Å². The minimum absolute atomic E-state index is 0.112. The lowest BCUT2D eigenvalue weighted by Crippen LogP contribution is -2.06. The van der Waals surface area contributed by atoms with E-state index in [2.05, 4.69) is 21.2 Å². The molecule has 2 nitrogen and oxygen atoms in total. The van der Waals surface area contributed by atoms with Crippen molar-refractivity contribution in [3.05, 3.63) is 58.1 Å². The summed E-state index contributed by atoms with van der Waals surface area (Å²) < 4.78 is 32.7. The van der Waals surface area contributed by atoms with Crippen LogP contribution in [-0.2, 0) is 6.54 Å². The van der Waals surface area contributed by atoms with Crippen LogP contribution in [0.15, 0.2) is 40.9 Å². The first kappa shape index (κ1) is 15.8. The van der Waals surface area contributed by atoms with E-state index < -0.39 is 11.6 Å². The zero-order chi connectivity index (χ0) is 15.4. The van der Waals surface area contributed by atoms with Crippen molar-refractivity contribution < 1.29 is 13.5 Å². The number of hydrogen-bond acceptors (Lipinski definition) is 2. The highest BCUT2D eigenvalue weighted by atomic mass is 79.9. The van der Waals surface area contributed by atoms with Crippen LogP contribution in [0.4, 0.5) is 14.5 Å². The van der Waals surface area contributed by atoms with Crippen LogP contribution < -0.4 is 10.1 Å². The summed E-state index contributed by atoms with van der Waals surface area (Å²) in [6, 6.07) is 9.73. The third kappa shape index (κ3) is 4.43. The second-order valence-corrected chi connectivity index (χ2v) is 5.76. The summed E-state index contributed by atoms with van der Waals surface area (Å²) in [5.41, 5.74) is 1.09. The Labute approximate surface area is 131 Å². The fourth-order valence-electron chi connectivity index (χ4n) is 1.81. The molecule has 0 saturated heterocycles. The quantitative estimate of drug-likeness (QED) is 0.751. The monoisotopic (exact) mass is 355 g/mol. The van der Waals surface area contributed by atoms with E-state index in [0.29, 0.717) is 6.54 Å². The topological polar surface area (TPSA) is 21.3 Å². The Balaban J connectivity index is 2.01. The number of rotatable bonds is 5. The van der Waals surface area contributed by atoms with Gasteiger partial charge in [0.1, 0.15) is 17.4 Å². The fraction of sp³-hybridized carbons (Fsp3) is 0.250. The van der Waals surface area contributed by atoms with Crippen LogP contribution in [0.1, 0.15) is 19.4 Å². The minimum atomic E-state index is -0.500. The second kappa shape index (κ2) is 6.89. The molecule has 0 spiro atoms. The average Bonchev–Trinajstić information content (AvgIpc) is 2.42. The number of nitrogens with one attached hydrogen (secondary N) is 1.